The molecule has 0 aliphatic carbocycles. The van der Waals surface area contributed by atoms with Crippen LogP contribution in [0.5, 0.6) is 0 Å². The zero-order valence-electron chi connectivity index (χ0n) is 14.9. The molecule has 1 aromatic heterocycles. The van der Waals surface area contributed by atoms with Crippen LogP contribution >= 0.6 is 0 Å². The topological polar surface area (TPSA) is 74.3 Å². The summed E-state index contributed by atoms with van der Waals surface area (Å²) in [5.74, 6) is 0.170. The van der Waals surface area contributed by atoms with E-state index in [0.29, 0.717) is 13.0 Å². The molecule has 6 nitrogen and oxygen atoms in total. The second kappa shape index (κ2) is 8.47. The molecule has 2 N–H and O–H groups in total. The second-order valence-corrected chi connectivity index (χ2v) is 6.67. The number of nitrogens with one attached hydrogen (secondary N) is 2. The summed E-state index contributed by atoms with van der Waals surface area (Å²) in [6.45, 7) is 3.24. The molecule has 0 radical (unpaired) electrons. The van der Waals surface area contributed by atoms with E-state index in [-0.39, 0.29) is 18.0 Å². The highest BCUT2D eigenvalue weighted by Gasteiger charge is 2.22. The molecule has 1 unspecified atom stereocenters. The van der Waals surface area contributed by atoms with Gasteiger partial charge in [0.1, 0.15) is 0 Å². The lowest BCUT2D eigenvalue weighted by atomic mass is 10.1. The van der Waals surface area contributed by atoms with E-state index < -0.39 is 0 Å². The summed E-state index contributed by atoms with van der Waals surface area (Å²) in [6, 6.07) is 11.4. The van der Waals surface area contributed by atoms with Crippen LogP contribution in [-0.2, 0) is 11.2 Å². The molecule has 1 aliphatic heterocycles. The molecule has 1 fully saturated rings. The monoisotopic (exact) mass is 352 g/mol. The average Bonchev–Trinajstić information content (AvgIpc) is 3.02. The maximum absolute atomic E-state index is 12.1. The van der Waals surface area contributed by atoms with Crippen LogP contribution in [0.4, 0.5) is 10.5 Å². The van der Waals surface area contributed by atoms with E-state index in [1.165, 1.54) is 11.1 Å². The number of urea groups is 1. The van der Waals surface area contributed by atoms with Gasteiger partial charge < -0.3 is 15.5 Å². The summed E-state index contributed by atoms with van der Waals surface area (Å²) in [5.41, 5.74) is 3.11. The Balaban J connectivity index is 1.47. The lowest BCUT2D eigenvalue weighted by molar-refractivity contribution is -0.127. The van der Waals surface area contributed by atoms with E-state index >= 15 is 0 Å². The van der Waals surface area contributed by atoms with Crippen LogP contribution in [-0.4, -0.2) is 41.0 Å². The fourth-order valence-corrected chi connectivity index (χ4v) is 3.11. The predicted octanol–water partition coefficient (Wildman–Crippen LogP) is 2.80. The van der Waals surface area contributed by atoms with Gasteiger partial charge in [0.15, 0.2) is 0 Å². The minimum atomic E-state index is -0.258. The molecule has 3 rings (SSSR count). The highest BCUT2D eigenvalue weighted by atomic mass is 16.2. The van der Waals surface area contributed by atoms with Crippen molar-refractivity contribution in [3.8, 4) is 0 Å². The number of carbonyl (C=O) groups excluding carboxylic acids is 2. The van der Waals surface area contributed by atoms with Crippen LogP contribution in [0.1, 0.15) is 30.9 Å². The first-order chi connectivity index (χ1) is 12.6. The number of pyridine rings is 1. The van der Waals surface area contributed by atoms with Gasteiger partial charge in [-0.1, -0.05) is 12.1 Å². The molecule has 1 aliphatic rings. The second-order valence-electron chi connectivity index (χ2n) is 6.67. The van der Waals surface area contributed by atoms with Gasteiger partial charge in [0.2, 0.25) is 5.91 Å². The lowest BCUT2D eigenvalue weighted by Gasteiger charge is -2.21. The molecule has 1 atom stereocenters. The van der Waals surface area contributed by atoms with Gasteiger partial charge in [0.05, 0.1) is 0 Å². The Morgan fingerprint density at radius 1 is 1.15 bits per heavy atom. The van der Waals surface area contributed by atoms with E-state index in [9.17, 15) is 9.59 Å². The molecule has 0 saturated carbocycles. The molecule has 0 bridgehead atoms. The van der Waals surface area contributed by atoms with Crippen LogP contribution in [0.3, 0.4) is 0 Å². The third-order valence-corrected chi connectivity index (χ3v) is 4.41. The van der Waals surface area contributed by atoms with Crippen molar-refractivity contribution in [1.29, 1.82) is 0 Å². The van der Waals surface area contributed by atoms with Gasteiger partial charge in [-0.25, -0.2) is 4.79 Å². The van der Waals surface area contributed by atoms with Gasteiger partial charge in [-0.05, 0) is 55.2 Å². The molecular weight excluding hydrogens is 328 g/mol. The maximum atomic E-state index is 12.1. The van der Waals surface area contributed by atoms with E-state index in [0.717, 1.165) is 25.1 Å². The van der Waals surface area contributed by atoms with Crippen LogP contribution < -0.4 is 10.6 Å². The number of aromatic nitrogens is 1. The smallest absolute Gasteiger partial charge is 0.319 e. The summed E-state index contributed by atoms with van der Waals surface area (Å²) in [7, 11) is 0. The first-order valence-electron chi connectivity index (χ1n) is 8.93. The zero-order valence-corrected chi connectivity index (χ0v) is 14.9. The fourth-order valence-electron chi connectivity index (χ4n) is 3.11. The van der Waals surface area contributed by atoms with Gasteiger partial charge in [-0.15, -0.1) is 0 Å². The Kier molecular flexibility index (Phi) is 5.84. The van der Waals surface area contributed by atoms with Crippen molar-refractivity contribution in [3.63, 3.8) is 0 Å². The molecular formula is C20H24N4O2. The average molecular weight is 352 g/mol. The third kappa shape index (κ3) is 5.05. The van der Waals surface area contributed by atoms with Crippen molar-refractivity contribution in [1.82, 2.24) is 15.2 Å². The Morgan fingerprint density at radius 2 is 1.85 bits per heavy atom. The molecule has 26 heavy (non-hydrogen) atoms. The largest absolute Gasteiger partial charge is 0.341 e. The number of nitrogens with zero attached hydrogens (tertiary/aromatic N) is 2. The summed E-state index contributed by atoms with van der Waals surface area (Å²) in [6.07, 6.45) is 5.92. The molecule has 2 aromatic rings. The minimum absolute atomic E-state index is 0.0944. The third-order valence-electron chi connectivity index (χ3n) is 4.41. The molecule has 1 aromatic carbocycles. The van der Waals surface area contributed by atoms with Gasteiger partial charge in [0, 0.05) is 43.6 Å². The number of likely N-dealkylation sites (tertiary alicyclic amines) is 1. The number of hydrogen-bond acceptors (Lipinski definition) is 3. The zero-order chi connectivity index (χ0) is 18.4. The first kappa shape index (κ1) is 17.9. The van der Waals surface area contributed by atoms with Crippen molar-refractivity contribution < 1.29 is 9.59 Å². The maximum Gasteiger partial charge on any atom is 0.319 e. The standard InChI is InChI=1S/C20H24N4O2/c1-15(14-24-12-2-3-19(24)25)22-20(26)23-18-6-4-16(5-7-18)13-17-8-10-21-11-9-17/h4-11,15H,2-3,12-14H2,1H3,(H2,22,23,26). The number of benzene rings is 1. The molecule has 1 saturated heterocycles. The van der Waals surface area contributed by atoms with Crippen molar-refractivity contribution in [2.75, 3.05) is 18.4 Å². The first-order valence-corrected chi connectivity index (χ1v) is 8.93. The summed E-state index contributed by atoms with van der Waals surface area (Å²) >= 11 is 0. The van der Waals surface area contributed by atoms with Crippen LogP contribution in [0, 0.1) is 0 Å². The van der Waals surface area contributed by atoms with Gasteiger partial charge in [-0.3, -0.25) is 9.78 Å². The SMILES string of the molecule is CC(CN1CCCC1=O)NC(=O)Nc1ccc(Cc2ccncc2)cc1. The van der Waals surface area contributed by atoms with Gasteiger partial charge in [0.25, 0.3) is 0 Å². The molecule has 6 heteroatoms. The lowest BCUT2D eigenvalue weighted by Crippen LogP contribution is -2.44. The van der Waals surface area contributed by atoms with Crippen LogP contribution in [0.2, 0.25) is 0 Å². The summed E-state index contributed by atoms with van der Waals surface area (Å²) in [5, 5.41) is 5.72. The quantitative estimate of drug-likeness (QED) is 0.839. The highest BCUT2D eigenvalue weighted by molar-refractivity contribution is 5.89. The van der Waals surface area contributed by atoms with E-state index in [1.54, 1.807) is 17.3 Å². The van der Waals surface area contributed by atoms with Crippen molar-refractivity contribution >= 4 is 17.6 Å². The normalized spacial score (nSPS) is 15.0. The molecule has 3 amide bonds. The number of anilines is 1. The number of carbonyl (C=O) groups is 2. The highest BCUT2D eigenvalue weighted by Crippen LogP contribution is 2.13. The van der Waals surface area contributed by atoms with Crippen molar-refractivity contribution in [2.24, 2.45) is 0 Å². The van der Waals surface area contributed by atoms with Crippen molar-refractivity contribution in [3.05, 3.63) is 59.9 Å². The van der Waals surface area contributed by atoms with Crippen LogP contribution in [0.25, 0.3) is 0 Å². The Morgan fingerprint density at radius 3 is 2.50 bits per heavy atom. The number of rotatable bonds is 6. The molecule has 136 valence electrons. The Labute approximate surface area is 153 Å². The minimum Gasteiger partial charge on any atom is -0.341 e. The van der Waals surface area contributed by atoms with E-state index in [1.807, 2.05) is 43.3 Å². The van der Waals surface area contributed by atoms with E-state index in [4.69, 9.17) is 0 Å². The van der Waals surface area contributed by atoms with Crippen molar-refractivity contribution in [2.45, 2.75) is 32.2 Å². The fraction of sp³-hybridized carbons (Fsp3) is 0.350. The Hall–Kier alpha value is -2.89. The number of amides is 3. The summed E-state index contributed by atoms with van der Waals surface area (Å²) < 4.78 is 0. The van der Waals surface area contributed by atoms with Gasteiger partial charge in [-0.2, -0.15) is 0 Å². The van der Waals surface area contributed by atoms with Crippen LogP contribution in [0.15, 0.2) is 48.8 Å². The number of hydrogen-bond donors (Lipinski definition) is 2. The van der Waals surface area contributed by atoms with E-state index in [2.05, 4.69) is 15.6 Å². The predicted molar refractivity (Wildman–Crippen MR) is 101 cm³/mol. The molecule has 0 spiro atoms. The Bertz CT molecular complexity index is 746. The molecule has 2 heterocycles. The van der Waals surface area contributed by atoms with Gasteiger partial charge >= 0.3 is 6.03 Å². The summed E-state index contributed by atoms with van der Waals surface area (Å²) in [4.78, 5) is 29.6.